The molecule has 0 radical (unpaired) electrons. The van der Waals surface area contributed by atoms with Crippen molar-refractivity contribution in [1.29, 1.82) is 0 Å². The molecule has 1 rings (SSSR count). The highest BCUT2D eigenvalue weighted by Crippen LogP contribution is 2.22. The average Bonchev–Trinajstić information content (AvgIpc) is 2.24. The smallest absolute Gasteiger partial charge is 0.319 e. The highest BCUT2D eigenvalue weighted by Gasteiger charge is 2.02. The van der Waals surface area contributed by atoms with Gasteiger partial charge in [-0.15, -0.1) is 0 Å². The molecule has 0 unspecified atom stereocenters. The number of carbonyl (C=O) groups is 1. The van der Waals surface area contributed by atoms with Crippen LogP contribution in [0.1, 0.15) is 0 Å². The number of nitrogen functional groups attached to an aromatic ring is 1. The van der Waals surface area contributed by atoms with Crippen LogP contribution in [0.15, 0.2) is 18.2 Å². The van der Waals surface area contributed by atoms with Gasteiger partial charge in [0.2, 0.25) is 0 Å². The lowest BCUT2D eigenvalue weighted by Crippen LogP contribution is -2.31. The first kappa shape index (κ1) is 12.6. The minimum atomic E-state index is -0.308. The van der Waals surface area contributed by atoms with E-state index in [0.717, 1.165) is 0 Å². The molecule has 4 N–H and O–H groups in total. The molecule has 1 aromatic rings. The van der Waals surface area contributed by atoms with Crippen molar-refractivity contribution < 1.29 is 9.53 Å². The van der Waals surface area contributed by atoms with Gasteiger partial charge in [0, 0.05) is 19.3 Å². The number of nitrogens with two attached hydrogens (primary N) is 1. The lowest BCUT2D eigenvalue weighted by Gasteiger charge is -2.08. The molecular weight excluding hydrogens is 230 g/mol. The van der Waals surface area contributed by atoms with Crippen molar-refractivity contribution in [2.24, 2.45) is 0 Å². The summed E-state index contributed by atoms with van der Waals surface area (Å²) in [6, 6.07) is 4.59. The second-order valence-electron chi connectivity index (χ2n) is 3.11. The third kappa shape index (κ3) is 3.96. The molecule has 6 heteroatoms. The fourth-order valence-corrected chi connectivity index (χ4v) is 1.23. The van der Waals surface area contributed by atoms with Gasteiger partial charge in [0.1, 0.15) is 0 Å². The summed E-state index contributed by atoms with van der Waals surface area (Å²) in [5, 5.41) is 5.65. The second kappa shape index (κ2) is 6.19. The lowest BCUT2D eigenvalue weighted by atomic mass is 10.3. The molecule has 0 fully saturated rings. The number of rotatable bonds is 4. The first-order chi connectivity index (χ1) is 7.63. The predicted molar refractivity (Wildman–Crippen MR) is 64.8 cm³/mol. The molecule has 0 aliphatic heterocycles. The number of methoxy groups -OCH3 is 1. The summed E-state index contributed by atoms with van der Waals surface area (Å²) in [5.41, 5.74) is 6.61. The molecule has 0 saturated heterocycles. The number of urea groups is 1. The van der Waals surface area contributed by atoms with Crippen molar-refractivity contribution in [1.82, 2.24) is 5.32 Å². The minimum Gasteiger partial charge on any atom is -0.398 e. The van der Waals surface area contributed by atoms with Crippen molar-refractivity contribution in [2.45, 2.75) is 0 Å². The number of anilines is 2. The molecule has 0 atom stereocenters. The third-order valence-electron chi connectivity index (χ3n) is 1.85. The van der Waals surface area contributed by atoms with E-state index in [1.807, 2.05) is 0 Å². The first-order valence-corrected chi connectivity index (χ1v) is 5.10. The van der Waals surface area contributed by atoms with Crippen LogP contribution < -0.4 is 16.4 Å². The van der Waals surface area contributed by atoms with Gasteiger partial charge >= 0.3 is 6.03 Å². The van der Waals surface area contributed by atoms with E-state index in [0.29, 0.717) is 29.5 Å². The summed E-state index contributed by atoms with van der Waals surface area (Å²) in [6.45, 7) is 0.918. The van der Waals surface area contributed by atoms with Gasteiger partial charge in [-0.1, -0.05) is 11.6 Å². The molecule has 0 spiro atoms. The van der Waals surface area contributed by atoms with Gasteiger partial charge in [-0.25, -0.2) is 4.79 Å². The van der Waals surface area contributed by atoms with Gasteiger partial charge in [-0.05, 0) is 18.2 Å². The molecule has 0 saturated carbocycles. The number of nitrogens with one attached hydrogen (secondary N) is 2. The Morgan fingerprint density at radius 1 is 1.56 bits per heavy atom. The maximum atomic E-state index is 11.3. The summed E-state index contributed by atoms with van der Waals surface area (Å²) < 4.78 is 4.80. The van der Waals surface area contributed by atoms with Gasteiger partial charge in [0.05, 0.1) is 17.3 Å². The normalized spacial score (nSPS) is 9.88. The Morgan fingerprint density at radius 2 is 2.31 bits per heavy atom. The molecule has 0 aromatic heterocycles. The van der Waals surface area contributed by atoms with Crippen LogP contribution in [0, 0.1) is 0 Å². The zero-order chi connectivity index (χ0) is 12.0. The van der Waals surface area contributed by atoms with E-state index < -0.39 is 0 Å². The zero-order valence-corrected chi connectivity index (χ0v) is 9.67. The third-order valence-corrected chi connectivity index (χ3v) is 2.18. The Kier molecular flexibility index (Phi) is 4.88. The van der Waals surface area contributed by atoms with Crippen molar-refractivity contribution in [3.63, 3.8) is 0 Å². The van der Waals surface area contributed by atoms with Crippen LogP contribution in [0.25, 0.3) is 0 Å². The van der Waals surface area contributed by atoms with E-state index in [2.05, 4.69) is 10.6 Å². The van der Waals surface area contributed by atoms with E-state index in [1.54, 1.807) is 25.3 Å². The fraction of sp³-hybridized carbons (Fsp3) is 0.300. The van der Waals surface area contributed by atoms with Crippen molar-refractivity contribution >= 4 is 29.0 Å². The Hall–Kier alpha value is -1.46. The molecule has 16 heavy (non-hydrogen) atoms. The summed E-state index contributed by atoms with van der Waals surface area (Å²) in [4.78, 5) is 11.3. The lowest BCUT2D eigenvalue weighted by molar-refractivity contribution is 0.198. The second-order valence-corrected chi connectivity index (χ2v) is 3.52. The Balaban J connectivity index is 2.46. The van der Waals surface area contributed by atoms with Gasteiger partial charge in [-0.2, -0.15) is 0 Å². The number of carbonyl (C=O) groups excluding carboxylic acids is 1. The summed E-state index contributed by atoms with van der Waals surface area (Å²) in [6.07, 6.45) is 0. The van der Waals surface area contributed by atoms with Crippen molar-refractivity contribution in [3.05, 3.63) is 23.2 Å². The van der Waals surface area contributed by atoms with E-state index in [1.165, 1.54) is 0 Å². The van der Waals surface area contributed by atoms with Gasteiger partial charge in [-0.3, -0.25) is 0 Å². The van der Waals surface area contributed by atoms with Crippen molar-refractivity contribution in [3.8, 4) is 0 Å². The molecule has 2 amide bonds. The SMILES string of the molecule is COCCNC(=O)Nc1ccc(N)c(Cl)c1. The monoisotopic (exact) mass is 243 g/mol. The Morgan fingerprint density at radius 3 is 2.94 bits per heavy atom. The number of halogens is 1. The van der Waals surface area contributed by atoms with Gasteiger partial charge in [0.15, 0.2) is 0 Å². The highest BCUT2D eigenvalue weighted by molar-refractivity contribution is 6.33. The van der Waals surface area contributed by atoms with Gasteiger partial charge < -0.3 is 21.1 Å². The molecule has 88 valence electrons. The van der Waals surface area contributed by atoms with E-state index in [9.17, 15) is 4.79 Å². The maximum Gasteiger partial charge on any atom is 0.319 e. The predicted octanol–water partition coefficient (Wildman–Crippen LogP) is 1.69. The topological polar surface area (TPSA) is 76.4 Å². The molecule has 1 aromatic carbocycles. The number of ether oxygens (including phenoxy) is 1. The molecular formula is C10H14ClN3O2. The van der Waals surface area contributed by atoms with E-state index in [4.69, 9.17) is 22.1 Å². The average molecular weight is 244 g/mol. The van der Waals surface area contributed by atoms with Crippen LogP contribution in [-0.2, 0) is 4.74 Å². The quantitative estimate of drug-likeness (QED) is 0.556. The van der Waals surface area contributed by atoms with Crippen LogP contribution in [-0.4, -0.2) is 26.3 Å². The molecule has 0 aliphatic carbocycles. The van der Waals surface area contributed by atoms with Crippen LogP contribution in [0.3, 0.4) is 0 Å². The number of hydrogen-bond acceptors (Lipinski definition) is 3. The van der Waals surface area contributed by atoms with E-state index in [-0.39, 0.29) is 6.03 Å². The largest absolute Gasteiger partial charge is 0.398 e. The summed E-state index contributed by atoms with van der Waals surface area (Å²) in [7, 11) is 1.57. The molecule has 5 nitrogen and oxygen atoms in total. The Bertz CT molecular complexity index is 371. The first-order valence-electron chi connectivity index (χ1n) is 4.72. The van der Waals surface area contributed by atoms with Crippen LogP contribution in [0.5, 0.6) is 0 Å². The standard InChI is InChI=1S/C10H14ClN3O2/c1-16-5-4-13-10(15)14-7-2-3-9(12)8(11)6-7/h2-3,6H,4-5,12H2,1H3,(H2,13,14,15). The highest BCUT2D eigenvalue weighted by atomic mass is 35.5. The van der Waals surface area contributed by atoms with Gasteiger partial charge in [0.25, 0.3) is 0 Å². The molecule has 0 heterocycles. The Labute approximate surface area is 98.9 Å². The minimum absolute atomic E-state index is 0.308. The zero-order valence-electron chi connectivity index (χ0n) is 8.92. The summed E-state index contributed by atoms with van der Waals surface area (Å²) >= 11 is 5.81. The number of hydrogen-bond donors (Lipinski definition) is 3. The van der Waals surface area contributed by atoms with E-state index >= 15 is 0 Å². The number of benzene rings is 1. The number of amides is 2. The van der Waals surface area contributed by atoms with Crippen LogP contribution >= 0.6 is 11.6 Å². The van der Waals surface area contributed by atoms with Crippen LogP contribution in [0.4, 0.5) is 16.2 Å². The van der Waals surface area contributed by atoms with Crippen LogP contribution in [0.2, 0.25) is 5.02 Å². The fourth-order valence-electron chi connectivity index (χ4n) is 1.05. The van der Waals surface area contributed by atoms with Crippen molar-refractivity contribution in [2.75, 3.05) is 31.3 Å². The molecule has 0 bridgehead atoms. The summed E-state index contributed by atoms with van der Waals surface area (Å²) in [5.74, 6) is 0. The maximum absolute atomic E-state index is 11.3. The molecule has 0 aliphatic rings.